The summed E-state index contributed by atoms with van der Waals surface area (Å²) in [5, 5.41) is 7.00. The summed E-state index contributed by atoms with van der Waals surface area (Å²) >= 11 is 0. The molecule has 0 bridgehead atoms. The van der Waals surface area contributed by atoms with E-state index in [2.05, 4.69) is 48.3 Å². The Labute approximate surface area is 122 Å². The van der Waals surface area contributed by atoms with Gasteiger partial charge < -0.3 is 10.6 Å². The highest BCUT2D eigenvalue weighted by Crippen LogP contribution is 2.31. The largest absolute Gasteiger partial charge is 0.370 e. The summed E-state index contributed by atoms with van der Waals surface area (Å²) in [5.74, 6) is 3.60. The molecule has 1 heterocycles. The van der Waals surface area contributed by atoms with Crippen LogP contribution in [0.25, 0.3) is 0 Å². The Hall–Kier alpha value is -1.32. The van der Waals surface area contributed by atoms with E-state index in [1.807, 2.05) is 0 Å². The molecule has 1 aromatic rings. The van der Waals surface area contributed by atoms with E-state index < -0.39 is 0 Å². The maximum atomic E-state index is 4.47. The fourth-order valence-electron chi connectivity index (χ4n) is 3.45. The molecule has 1 saturated carbocycles. The van der Waals surface area contributed by atoms with Crippen LogP contribution < -0.4 is 10.6 Å². The highest BCUT2D eigenvalue weighted by molar-refractivity contribution is 5.57. The Kier molecular flexibility index (Phi) is 5.21. The Morgan fingerprint density at radius 2 is 1.70 bits per heavy atom. The molecule has 4 heteroatoms. The minimum Gasteiger partial charge on any atom is -0.370 e. The van der Waals surface area contributed by atoms with E-state index in [1.165, 1.54) is 24.8 Å². The standard InChI is InChI=1S/C16H28N4/c1-5-14-15(17-6-2)18-10-19-16(14)20-13-8-11(3)7-12(4)9-13/h10-13H,5-9H2,1-4H3,(H2,17,18,19,20). The van der Waals surface area contributed by atoms with Crippen LogP contribution in [-0.4, -0.2) is 22.6 Å². The molecule has 0 amide bonds. The van der Waals surface area contributed by atoms with Gasteiger partial charge in [0.15, 0.2) is 0 Å². The average Bonchev–Trinajstić information content (AvgIpc) is 2.38. The van der Waals surface area contributed by atoms with Crippen LogP contribution in [0.1, 0.15) is 52.5 Å². The molecule has 2 rings (SSSR count). The number of hydrogen-bond donors (Lipinski definition) is 2. The first-order valence-corrected chi connectivity index (χ1v) is 7.98. The molecule has 2 N–H and O–H groups in total. The Morgan fingerprint density at radius 1 is 1.05 bits per heavy atom. The van der Waals surface area contributed by atoms with Gasteiger partial charge in [0.25, 0.3) is 0 Å². The zero-order valence-corrected chi connectivity index (χ0v) is 13.2. The molecule has 0 aromatic carbocycles. The zero-order valence-electron chi connectivity index (χ0n) is 13.2. The third-order valence-electron chi connectivity index (χ3n) is 4.16. The predicted octanol–water partition coefficient (Wildman–Crippen LogP) is 3.71. The Morgan fingerprint density at radius 3 is 2.30 bits per heavy atom. The molecule has 2 atom stereocenters. The lowest BCUT2D eigenvalue weighted by atomic mass is 9.80. The van der Waals surface area contributed by atoms with Gasteiger partial charge >= 0.3 is 0 Å². The molecule has 2 unspecified atom stereocenters. The van der Waals surface area contributed by atoms with Gasteiger partial charge in [-0.1, -0.05) is 20.8 Å². The molecule has 1 aromatic heterocycles. The Balaban J connectivity index is 2.14. The fourth-order valence-corrected chi connectivity index (χ4v) is 3.45. The van der Waals surface area contributed by atoms with E-state index in [1.54, 1.807) is 6.33 Å². The van der Waals surface area contributed by atoms with E-state index in [9.17, 15) is 0 Å². The van der Waals surface area contributed by atoms with Crippen molar-refractivity contribution in [3.05, 3.63) is 11.9 Å². The summed E-state index contributed by atoms with van der Waals surface area (Å²) in [7, 11) is 0. The van der Waals surface area contributed by atoms with Crippen LogP contribution in [0.5, 0.6) is 0 Å². The molecule has 112 valence electrons. The molecular weight excluding hydrogens is 248 g/mol. The van der Waals surface area contributed by atoms with Crippen molar-refractivity contribution in [1.29, 1.82) is 0 Å². The maximum Gasteiger partial charge on any atom is 0.134 e. The first kappa shape index (κ1) is 15.1. The summed E-state index contributed by atoms with van der Waals surface area (Å²) in [6, 6.07) is 0.545. The SMILES string of the molecule is CCNc1ncnc(NC2CC(C)CC(C)C2)c1CC. The fraction of sp³-hybridized carbons (Fsp3) is 0.750. The van der Waals surface area contributed by atoms with E-state index in [0.29, 0.717) is 6.04 Å². The van der Waals surface area contributed by atoms with Gasteiger partial charge in [-0.25, -0.2) is 9.97 Å². The minimum atomic E-state index is 0.545. The number of nitrogens with zero attached hydrogens (tertiary/aromatic N) is 2. The number of nitrogens with one attached hydrogen (secondary N) is 2. The quantitative estimate of drug-likeness (QED) is 0.861. The average molecular weight is 276 g/mol. The van der Waals surface area contributed by atoms with Crippen molar-refractivity contribution in [2.45, 2.75) is 59.4 Å². The number of aromatic nitrogens is 2. The van der Waals surface area contributed by atoms with Crippen molar-refractivity contribution < 1.29 is 0 Å². The number of hydrogen-bond acceptors (Lipinski definition) is 4. The molecule has 0 radical (unpaired) electrons. The summed E-state index contributed by atoms with van der Waals surface area (Å²) < 4.78 is 0. The van der Waals surface area contributed by atoms with Crippen LogP contribution in [0.3, 0.4) is 0 Å². The van der Waals surface area contributed by atoms with Crippen LogP contribution in [0.15, 0.2) is 6.33 Å². The second-order valence-electron chi connectivity index (χ2n) is 6.19. The van der Waals surface area contributed by atoms with Crippen molar-refractivity contribution >= 4 is 11.6 Å². The van der Waals surface area contributed by atoms with Crippen LogP contribution in [0, 0.1) is 11.8 Å². The van der Waals surface area contributed by atoms with E-state index >= 15 is 0 Å². The van der Waals surface area contributed by atoms with Crippen LogP contribution in [0.4, 0.5) is 11.6 Å². The summed E-state index contributed by atoms with van der Waals surface area (Å²) in [6.07, 6.45) is 6.45. The summed E-state index contributed by atoms with van der Waals surface area (Å²) in [5.41, 5.74) is 1.21. The second kappa shape index (κ2) is 6.91. The maximum absolute atomic E-state index is 4.47. The minimum absolute atomic E-state index is 0.545. The molecule has 1 aliphatic carbocycles. The Bertz CT molecular complexity index is 422. The monoisotopic (exact) mass is 276 g/mol. The zero-order chi connectivity index (χ0) is 14.5. The molecular formula is C16H28N4. The van der Waals surface area contributed by atoms with Crippen molar-refractivity contribution in [2.75, 3.05) is 17.2 Å². The van der Waals surface area contributed by atoms with E-state index in [0.717, 1.165) is 36.4 Å². The highest BCUT2D eigenvalue weighted by Gasteiger charge is 2.24. The van der Waals surface area contributed by atoms with Gasteiger partial charge in [0.2, 0.25) is 0 Å². The van der Waals surface area contributed by atoms with Crippen molar-refractivity contribution in [1.82, 2.24) is 9.97 Å². The number of anilines is 2. The summed E-state index contributed by atoms with van der Waals surface area (Å²) in [6.45, 7) is 9.86. The lowest BCUT2D eigenvalue weighted by Crippen LogP contribution is -2.31. The van der Waals surface area contributed by atoms with Gasteiger partial charge in [-0.05, 0) is 44.4 Å². The lowest BCUT2D eigenvalue weighted by molar-refractivity contribution is 0.280. The van der Waals surface area contributed by atoms with E-state index in [4.69, 9.17) is 0 Å². The van der Waals surface area contributed by atoms with Gasteiger partial charge in [0.05, 0.1) is 0 Å². The van der Waals surface area contributed by atoms with Gasteiger partial charge in [0, 0.05) is 18.2 Å². The smallest absolute Gasteiger partial charge is 0.134 e. The van der Waals surface area contributed by atoms with Crippen LogP contribution in [-0.2, 0) is 6.42 Å². The highest BCUT2D eigenvalue weighted by atomic mass is 15.1. The molecule has 1 fully saturated rings. The van der Waals surface area contributed by atoms with Crippen molar-refractivity contribution in [3.63, 3.8) is 0 Å². The van der Waals surface area contributed by atoms with Gasteiger partial charge in [-0.3, -0.25) is 0 Å². The summed E-state index contributed by atoms with van der Waals surface area (Å²) in [4.78, 5) is 8.84. The molecule has 0 spiro atoms. The topological polar surface area (TPSA) is 49.8 Å². The molecule has 0 saturated heterocycles. The van der Waals surface area contributed by atoms with Gasteiger partial charge in [-0.2, -0.15) is 0 Å². The van der Waals surface area contributed by atoms with Gasteiger partial charge in [0.1, 0.15) is 18.0 Å². The molecule has 1 aliphatic rings. The van der Waals surface area contributed by atoms with Crippen LogP contribution >= 0.6 is 0 Å². The third-order valence-corrected chi connectivity index (χ3v) is 4.16. The van der Waals surface area contributed by atoms with Gasteiger partial charge in [-0.15, -0.1) is 0 Å². The third kappa shape index (κ3) is 3.62. The van der Waals surface area contributed by atoms with Crippen molar-refractivity contribution in [2.24, 2.45) is 11.8 Å². The first-order valence-electron chi connectivity index (χ1n) is 7.98. The molecule has 4 nitrogen and oxygen atoms in total. The number of rotatable bonds is 5. The van der Waals surface area contributed by atoms with Crippen molar-refractivity contribution in [3.8, 4) is 0 Å². The predicted molar refractivity (Wildman–Crippen MR) is 85.2 cm³/mol. The normalized spacial score (nSPS) is 26.3. The molecule has 0 aliphatic heterocycles. The first-order chi connectivity index (χ1) is 9.63. The van der Waals surface area contributed by atoms with Crippen LogP contribution in [0.2, 0.25) is 0 Å². The second-order valence-corrected chi connectivity index (χ2v) is 6.19. The molecule has 20 heavy (non-hydrogen) atoms. The lowest BCUT2D eigenvalue weighted by Gasteiger charge is -2.32. The van der Waals surface area contributed by atoms with E-state index in [-0.39, 0.29) is 0 Å².